The van der Waals surface area contributed by atoms with Crippen LogP contribution in [-0.4, -0.2) is 37.6 Å². The largest absolute Gasteiger partial charge is 0.497 e. The predicted molar refractivity (Wildman–Crippen MR) is 88.4 cm³/mol. The van der Waals surface area contributed by atoms with E-state index in [-0.39, 0.29) is 11.7 Å². The Balaban J connectivity index is 1.68. The number of hydrogen-bond acceptors (Lipinski definition) is 3. The van der Waals surface area contributed by atoms with Gasteiger partial charge in [-0.2, -0.15) is 0 Å². The maximum atomic E-state index is 13.9. The number of hydrogen-bond donors (Lipinski definition) is 0. The Morgan fingerprint density at radius 3 is 2.92 bits per heavy atom. The third kappa shape index (κ3) is 3.74. The number of nitrogens with zero attached hydrogens (tertiary/aromatic N) is 1. The van der Waals surface area contributed by atoms with Gasteiger partial charge in [0.2, 0.25) is 5.91 Å². The number of morpholine rings is 1. The third-order valence-electron chi connectivity index (χ3n) is 4.16. The monoisotopic (exact) mass is 329 g/mol. The molecule has 1 aliphatic rings. The van der Waals surface area contributed by atoms with Gasteiger partial charge in [-0.15, -0.1) is 0 Å². The molecule has 2 aromatic rings. The van der Waals surface area contributed by atoms with Gasteiger partial charge in [-0.25, -0.2) is 4.39 Å². The Labute approximate surface area is 140 Å². The lowest BCUT2D eigenvalue weighted by atomic mass is 10.1. The van der Waals surface area contributed by atoms with Crippen molar-refractivity contribution in [2.45, 2.75) is 12.5 Å². The number of methoxy groups -OCH3 is 1. The lowest BCUT2D eigenvalue weighted by Gasteiger charge is -2.33. The second-order valence-corrected chi connectivity index (χ2v) is 5.75. The van der Waals surface area contributed by atoms with Crippen LogP contribution in [0.2, 0.25) is 0 Å². The molecule has 3 rings (SSSR count). The highest BCUT2D eigenvalue weighted by Gasteiger charge is 2.27. The first kappa shape index (κ1) is 16.5. The van der Waals surface area contributed by atoms with E-state index in [1.165, 1.54) is 6.07 Å². The van der Waals surface area contributed by atoms with Crippen LogP contribution in [0, 0.1) is 5.82 Å². The Kier molecular flexibility index (Phi) is 5.11. The van der Waals surface area contributed by atoms with Gasteiger partial charge in [0, 0.05) is 12.1 Å². The summed E-state index contributed by atoms with van der Waals surface area (Å²) in [4.78, 5) is 14.3. The number of carbonyl (C=O) groups is 1. The highest BCUT2D eigenvalue weighted by atomic mass is 19.1. The Morgan fingerprint density at radius 1 is 1.29 bits per heavy atom. The second-order valence-electron chi connectivity index (χ2n) is 5.75. The summed E-state index contributed by atoms with van der Waals surface area (Å²) in [5, 5.41) is 0. The maximum Gasteiger partial charge on any atom is 0.227 e. The quantitative estimate of drug-likeness (QED) is 0.866. The van der Waals surface area contributed by atoms with Gasteiger partial charge < -0.3 is 14.4 Å². The van der Waals surface area contributed by atoms with Crippen molar-refractivity contribution in [3.63, 3.8) is 0 Å². The van der Waals surface area contributed by atoms with Crippen molar-refractivity contribution >= 4 is 5.91 Å². The highest BCUT2D eigenvalue weighted by molar-refractivity contribution is 5.79. The van der Waals surface area contributed by atoms with Gasteiger partial charge in [-0.1, -0.05) is 30.3 Å². The fourth-order valence-corrected chi connectivity index (χ4v) is 2.87. The first-order chi connectivity index (χ1) is 11.7. The summed E-state index contributed by atoms with van der Waals surface area (Å²) in [5.74, 6) is 0.434. The number of amides is 1. The van der Waals surface area contributed by atoms with Crippen LogP contribution in [0.1, 0.15) is 17.2 Å². The number of ether oxygens (including phenoxy) is 2. The standard InChI is InChI=1S/C19H20FNO3/c1-23-15-6-4-5-14(11-15)12-19(22)21-9-10-24-18(13-21)16-7-2-3-8-17(16)20/h2-8,11,18H,9-10,12-13H2,1H3/t18-/m0/s1. The topological polar surface area (TPSA) is 38.8 Å². The molecule has 1 aliphatic heterocycles. The molecule has 1 amide bonds. The van der Waals surface area contributed by atoms with Gasteiger partial charge >= 0.3 is 0 Å². The van der Waals surface area contributed by atoms with Crippen LogP contribution < -0.4 is 4.74 Å². The summed E-state index contributed by atoms with van der Waals surface area (Å²) in [7, 11) is 1.60. The number of rotatable bonds is 4. The van der Waals surface area contributed by atoms with Gasteiger partial charge in [0.1, 0.15) is 17.7 Å². The molecule has 1 fully saturated rings. The molecule has 2 aromatic carbocycles. The summed E-state index contributed by atoms with van der Waals surface area (Å²) in [6.45, 7) is 1.29. The molecule has 5 heteroatoms. The second kappa shape index (κ2) is 7.45. The summed E-state index contributed by atoms with van der Waals surface area (Å²) in [6.07, 6.45) is -0.129. The van der Waals surface area contributed by atoms with E-state index in [1.807, 2.05) is 24.3 Å². The van der Waals surface area contributed by atoms with Gasteiger partial charge in [0.05, 0.1) is 26.7 Å². The maximum absolute atomic E-state index is 13.9. The predicted octanol–water partition coefficient (Wildman–Crippen LogP) is 2.98. The minimum atomic E-state index is -0.422. The van der Waals surface area contributed by atoms with E-state index < -0.39 is 6.10 Å². The molecule has 1 saturated heterocycles. The molecule has 0 N–H and O–H groups in total. The Hall–Kier alpha value is -2.40. The molecule has 126 valence electrons. The first-order valence-electron chi connectivity index (χ1n) is 7.94. The molecule has 4 nitrogen and oxygen atoms in total. The summed E-state index contributed by atoms with van der Waals surface area (Å²) in [6, 6.07) is 14.0. The molecule has 0 saturated carbocycles. The normalized spacial score (nSPS) is 17.6. The first-order valence-corrected chi connectivity index (χ1v) is 7.94. The SMILES string of the molecule is COc1cccc(CC(=O)N2CCO[C@H](c3ccccc3F)C2)c1. The van der Waals surface area contributed by atoms with Crippen LogP contribution in [0.3, 0.4) is 0 Å². The summed E-state index contributed by atoms with van der Waals surface area (Å²) < 4.78 is 24.8. The fraction of sp³-hybridized carbons (Fsp3) is 0.316. The molecule has 0 bridgehead atoms. The van der Waals surface area contributed by atoms with Crippen LogP contribution in [0.15, 0.2) is 48.5 Å². The van der Waals surface area contributed by atoms with Gasteiger partial charge in [0.25, 0.3) is 0 Å². The van der Waals surface area contributed by atoms with Gasteiger partial charge in [-0.05, 0) is 23.8 Å². The van der Waals surface area contributed by atoms with E-state index in [0.29, 0.717) is 31.7 Å². The highest BCUT2D eigenvalue weighted by Crippen LogP contribution is 2.25. The molecular weight excluding hydrogens is 309 g/mol. The molecular formula is C19H20FNO3. The van der Waals surface area contributed by atoms with Crippen LogP contribution in [0.4, 0.5) is 4.39 Å². The van der Waals surface area contributed by atoms with Crippen molar-refractivity contribution in [2.24, 2.45) is 0 Å². The van der Waals surface area contributed by atoms with Crippen molar-refractivity contribution in [2.75, 3.05) is 26.8 Å². The van der Waals surface area contributed by atoms with Crippen molar-refractivity contribution in [1.29, 1.82) is 0 Å². The van der Waals surface area contributed by atoms with Crippen molar-refractivity contribution in [3.05, 3.63) is 65.5 Å². The molecule has 0 radical (unpaired) electrons. The molecule has 1 atom stereocenters. The van der Waals surface area contributed by atoms with E-state index in [2.05, 4.69) is 0 Å². The number of carbonyl (C=O) groups excluding carboxylic acids is 1. The van der Waals surface area contributed by atoms with Crippen molar-refractivity contribution in [3.8, 4) is 5.75 Å². The fourth-order valence-electron chi connectivity index (χ4n) is 2.87. The molecule has 0 aliphatic carbocycles. The Morgan fingerprint density at radius 2 is 2.12 bits per heavy atom. The zero-order valence-corrected chi connectivity index (χ0v) is 13.6. The van der Waals surface area contributed by atoms with E-state index in [4.69, 9.17) is 9.47 Å². The van der Waals surface area contributed by atoms with Crippen LogP contribution in [0.25, 0.3) is 0 Å². The van der Waals surface area contributed by atoms with E-state index in [1.54, 1.807) is 30.2 Å². The smallest absolute Gasteiger partial charge is 0.227 e. The zero-order chi connectivity index (χ0) is 16.9. The molecule has 0 spiro atoms. The Bertz CT molecular complexity index is 719. The van der Waals surface area contributed by atoms with Crippen LogP contribution in [-0.2, 0) is 16.0 Å². The lowest BCUT2D eigenvalue weighted by Crippen LogP contribution is -2.43. The molecule has 0 aromatic heterocycles. The summed E-state index contributed by atoms with van der Waals surface area (Å²) in [5.41, 5.74) is 1.39. The third-order valence-corrected chi connectivity index (χ3v) is 4.16. The van der Waals surface area contributed by atoms with Crippen LogP contribution in [0.5, 0.6) is 5.75 Å². The van der Waals surface area contributed by atoms with Crippen molar-refractivity contribution < 1.29 is 18.7 Å². The summed E-state index contributed by atoms with van der Waals surface area (Å²) >= 11 is 0. The number of benzene rings is 2. The van der Waals surface area contributed by atoms with Crippen molar-refractivity contribution in [1.82, 2.24) is 4.90 Å². The zero-order valence-electron chi connectivity index (χ0n) is 13.6. The van der Waals surface area contributed by atoms with E-state index in [0.717, 1.165) is 11.3 Å². The minimum absolute atomic E-state index is 0.00731. The average molecular weight is 329 g/mol. The number of halogens is 1. The average Bonchev–Trinajstić information content (AvgIpc) is 2.62. The lowest BCUT2D eigenvalue weighted by molar-refractivity contribution is -0.138. The van der Waals surface area contributed by atoms with E-state index >= 15 is 0 Å². The minimum Gasteiger partial charge on any atom is -0.497 e. The van der Waals surface area contributed by atoms with Crippen LogP contribution >= 0.6 is 0 Å². The molecule has 0 unspecified atom stereocenters. The molecule has 1 heterocycles. The van der Waals surface area contributed by atoms with E-state index in [9.17, 15) is 9.18 Å². The molecule has 24 heavy (non-hydrogen) atoms. The van der Waals surface area contributed by atoms with Gasteiger partial charge in [0.15, 0.2) is 0 Å². The van der Waals surface area contributed by atoms with Gasteiger partial charge in [-0.3, -0.25) is 4.79 Å².